The predicted molar refractivity (Wildman–Crippen MR) is 117 cm³/mol. The Labute approximate surface area is 187 Å². The fraction of sp³-hybridized carbons (Fsp3) is 0.500. The molecule has 2 aromatic heterocycles. The van der Waals surface area contributed by atoms with Crippen molar-refractivity contribution in [2.45, 2.75) is 64.5 Å². The summed E-state index contributed by atoms with van der Waals surface area (Å²) in [6.45, 7) is 3.47. The maximum atomic E-state index is 13.1. The number of hydrogen-bond acceptors (Lipinski definition) is 5. The molecule has 2 heterocycles. The van der Waals surface area contributed by atoms with E-state index in [0.29, 0.717) is 30.4 Å². The van der Waals surface area contributed by atoms with Crippen molar-refractivity contribution in [1.82, 2.24) is 20.1 Å². The maximum absolute atomic E-state index is 13.1. The molecule has 3 aliphatic carbocycles. The highest BCUT2D eigenvalue weighted by molar-refractivity contribution is 5.89. The smallest absolute Gasteiger partial charge is 0.359 e. The van der Waals surface area contributed by atoms with Crippen LogP contribution in [0.15, 0.2) is 36.3 Å². The van der Waals surface area contributed by atoms with E-state index in [1.807, 2.05) is 18.2 Å². The van der Waals surface area contributed by atoms with Crippen LogP contribution >= 0.6 is 0 Å². The van der Waals surface area contributed by atoms with Gasteiger partial charge in [-0.3, -0.25) is 14.5 Å². The average molecular weight is 441 g/mol. The van der Waals surface area contributed by atoms with E-state index in [1.165, 1.54) is 13.0 Å². The van der Waals surface area contributed by atoms with E-state index in [4.69, 9.17) is 4.74 Å². The topological polar surface area (TPSA) is 86.1 Å². The van der Waals surface area contributed by atoms with Crippen molar-refractivity contribution >= 4 is 11.9 Å². The van der Waals surface area contributed by atoms with Crippen LogP contribution in [0.1, 0.15) is 78.9 Å². The SMILES string of the molecule is CCOC(=O)c1nn(CC(=O)NC(CCC=C(C)F)c2ccccn2)c2c1CC1CC2C1. The molecule has 0 saturated heterocycles. The van der Waals surface area contributed by atoms with Gasteiger partial charge in [0.05, 0.1) is 24.2 Å². The third-order valence-corrected chi connectivity index (χ3v) is 6.23. The molecule has 2 aromatic rings. The number of nitrogens with one attached hydrogen (secondary N) is 1. The summed E-state index contributed by atoms with van der Waals surface area (Å²) in [4.78, 5) is 29.8. The van der Waals surface area contributed by atoms with Crippen molar-refractivity contribution in [2.75, 3.05) is 6.61 Å². The Morgan fingerprint density at radius 1 is 1.38 bits per heavy atom. The highest BCUT2D eigenvalue weighted by Crippen LogP contribution is 2.50. The molecule has 1 atom stereocenters. The third kappa shape index (κ3) is 4.74. The number of nitrogens with zero attached hydrogens (tertiary/aromatic N) is 3. The molecule has 5 rings (SSSR count). The Hall–Kier alpha value is -3.03. The molecule has 1 N–H and O–H groups in total. The van der Waals surface area contributed by atoms with Crippen molar-refractivity contribution < 1.29 is 18.7 Å². The van der Waals surface area contributed by atoms with Crippen LogP contribution in [0.25, 0.3) is 0 Å². The second kappa shape index (κ2) is 9.63. The number of hydrogen-bond donors (Lipinski definition) is 1. The van der Waals surface area contributed by atoms with Crippen molar-refractivity contribution in [3.05, 3.63) is 58.9 Å². The first-order valence-electron chi connectivity index (χ1n) is 11.3. The van der Waals surface area contributed by atoms with Crippen LogP contribution in [0.4, 0.5) is 4.39 Å². The number of rotatable bonds is 9. The fourth-order valence-electron chi connectivity index (χ4n) is 4.77. The molecular formula is C24H29FN4O3. The van der Waals surface area contributed by atoms with Gasteiger partial charge in [-0.15, -0.1) is 0 Å². The van der Waals surface area contributed by atoms with Gasteiger partial charge in [0.15, 0.2) is 5.69 Å². The molecule has 8 heteroatoms. The minimum atomic E-state index is -0.427. The second-order valence-electron chi connectivity index (χ2n) is 8.57. The zero-order valence-electron chi connectivity index (χ0n) is 18.5. The van der Waals surface area contributed by atoms with Gasteiger partial charge < -0.3 is 10.1 Å². The lowest BCUT2D eigenvalue weighted by atomic mass is 9.64. The van der Waals surface area contributed by atoms with Crippen LogP contribution in [-0.2, 0) is 22.5 Å². The van der Waals surface area contributed by atoms with Gasteiger partial charge in [-0.05, 0) is 64.0 Å². The predicted octanol–water partition coefficient (Wildman–Crippen LogP) is 4.02. The molecule has 32 heavy (non-hydrogen) atoms. The molecule has 0 spiro atoms. The zero-order valence-corrected chi connectivity index (χ0v) is 18.5. The van der Waals surface area contributed by atoms with E-state index in [1.54, 1.807) is 17.8 Å². The summed E-state index contributed by atoms with van der Waals surface area (Å²) in [6.07, 6.45) is 7.16. The first kappa shape index (κ1) is 22.2. The summed E-state index contributed by atoms with van der Waals surface area (Å²) in [5.41, 5.74) is 3.00. The summed E-state index contributed by atoms with van der Waals surface area (Å²) in [5.74, 6) is 0.0430. The van der Waals surface area contributed by atoms with E-state index in [-0.39, 0.29) is 30.9 Å². The number of ether oxygens (including phenoxy) is 1. The Morgan fingerprint density at radius 3 is 2.88 bits per heavy atom. The van der Waals surface area contributed by atoms with Crippen LogP contribution in [0.5, 0.6) is 0 Å². The Morgan fingerprint density at radius 2 is 2.19 bits per heavy atom. The van der Waals surface area contributed by atoms with Gasteiger partial charge in [-0.25, -0.2) is 9.18 Å². The van der Waals surface area contributed by atoms with Gasteiger partial charge in [0.25, 0.3) is 0 Å². The summed E-state index contributed by atoms with van der Waals surface area (Å²) >= 11 is 0. The van der Waals surface area contributed by atoms with Gasteiger partial charge in [0.2, 0.25) is 5.91 Å². The van der Waals surface area contributed by atoms with Crippen molar-refractivity contribution in [3.8, 4) is 0 Å². The molecule has 1 fully saturated rings. The Bertz CT molecular complexity index is 1010. The maximum Gasteiger partial charge on any atom is 0.359 e. The molecule has 1 amide bonds. The summed E-state index contributed by atoms with van der Waals surface area (Å²) in [7, 11) is 0. The molecule has 170 valence electrons. The molecule has 2 bridgehead atoms. The van der Waals surface area contributed by atoms with Gasteiger partial charge in [-0.2, -0.15) is 5.10 Å². The number of allylic oxidation sites excluding steroid dienone is 2. The summed E-state index contributed by atoms with van der Waals surface area (Å²) in [6, 6.07) is 5.18. The van der Waals surface area contributed by atoms with Gasteiger partial charge in [0.1, 0.15) is 6.54 Å². The largest absolute Gasteiger partial charge is 0.461 e. The van der Waals surface area contributed by atoms with E-state index in [9.17, 15) is 14.0 Å². The van der Waals surface area contributed by atoms with Crippen LogP contribution < -0.4 is 5.32 Å². The van der Waals surface area contributed by atoms with Gasteiger partial charge >= 0.3 is 5.97 Å². The van der Waals surface area contributed by atoms with Crippen LogP contribution in [0.3, 0.4) is 0 Å². The number of aromatic nitrogens is 3. The van der Waals surface area contributed by atoms with Crippen LogP contribution in [0.2, 0.25) is 0 Å². The molecule has 3 aliphatic rings. The second-order valence-corrected chi connectivity index (χ2v) is 8.57. The number of carbonyl (C=O) groups excluding carboxylic acids is 2. The normalized spacial score (nSPS) is 20.2. The van der Waals surface area contributed by atoms with Crippen molar-refractivity contribution in [3.63, 3.8) is 0 Å². The fourth-order valence-corrected chi connectivity index (χ4v) is 4.77. The quantitative estimate of drug-likeness (QED) is 0.596. The van der Waals surface area contributed by atoms with E-state index < -0.39 is 5.97 Å². The van der Waals surface area contributed by atoms with E-state index >= 15 is 0 Å². The third-order valence-electron chi connectivity index (χ3n) is 6.23. The standard InChI is InChI=1S/C24H29FN4O3/c1-3-32-24(31)22-18-13-16-11-17(12-16)23(18)29(28-22)14-21(30)27-20(9-6-7-15(2)25)19-8-4-5-10-26-19/h4-5,7-8,10,16-17,20H,3,6,9,11-14H2,1-2H3,(H,27,30). The van der Waals surface area contributed by atoms with Gasteiger partial charge in [0, 0.05) is 23.4 Å². The average Bonchev–Trinajstić information content (AvgIpc) is 3.12. The van der Waals surface area contributed by atoms with Crippen LogP contribution in [-0.4, -0.2) is 33.2 Å². The molecule has 7 nitrogen and oxygen atoms in total. The van der Waals surface area contributed by atoms with Crippen molar-refractivity contribution in [2.24, 2.45) is 5.92 Å². The number of carbonyl (C=O) groups is 2. The lowest BCUT2D eigenvalue weighted by molar-refractivity contribution is -0.122. The minimum absolute atomic E-state index is 0.0181. The number of esters is 1. The summed E-state index contributed by atoms with van der Waals surface area (Å²) < 4.78 is 20.0. The molecule has 0 aliphatic heterocycles. The van der Waals surface area contributed by atoms with E-state index in [2.05, 4.69) is 15.4 Å². The lowest BCUT2D eigenvalue weighted by Gasteiger charge is -2.41. The Kier molecular flexibility index (Phi) is 6.67. The first-order chi connectivity index (χ1) is 15.5. The molecule has 1 saturated carbocycles. The highest BCUT2D eigenvalue weighted by Gasteiger charge is 2.43. The Balaban J connectivity index is 1.52. The molecule has 0 radical (unpaired) electrons. The zero-order chi connectivity index (χ0) is 22.7. The number of amides is 1. The summed E-state index contributed by atoms with van der Waals surface area (Å²) in [5, 5.41) is 7.52. The highest BCUT2D eigenvalue weighted by atomic mass is 19.1. The monoisotopic (exact) mass is 440 g/mol. The number of halogens is 1. The molecule has 1 unspecified atom stereocenters. The minimum Gasteiger partial charge on any atom is -0.461 e. The van der Waals surface area contributed by atoms with Gasteiger partial charge in [-0.1, -0.05) is 12.1 Å². The number of pyridine rings is 1. The lowest BCUT2D eigenvalue weighted by Crippen LogP contribution is -2.35. The first-order valence-corrected chi connectivity index (χ1v) is 11.3. The van der Waals surface area contributed by atoms with Crippen molar-refractivity contribution in [1.29, 1.82) is 0 Å². The molecule has 0 aromatic carbocycles. The van der Waals surface area contributed by atoms with Crippen LogP contribution in [0, 0.1) is 5.92 Å². The molecular weight excluding hydrogens is 411 g/mol. The van der Waals surface area contributed by atoms with E-state index in [0.717, 1.165) is 36.2 Å².